The van der Waals surface area contributed by atoms with Gasteiger partial charge in [-0.3, -0.25) is 29.8 Å². The van der Waals surface area contributed by atoms with Crippen LogP contribution in [0.3, 0.4) is 0 Å². The highest BCUT2D eigenvalue weighted by Crippen LogP contribution is 2.32. The van der Waals surface area contributed by atoms with Gasteiger partial charge < -0.3 is 14.8 Å². The first-order valence-corrected chi connectivity index (χ1v) is 7.74. The minimum Gasteiger partial charge on any atom is -0.468 e. The molecule has 0 saturated carbocycles. The Bertz CT molecular complexity index is 928. The lowest BCUT2D eigenvalue weighted by Gasteiger charge is -2.14. The molecule has 0 atom stereocenters. The SMILES string of the molecule is COC(=O)C(C(=O)OC)c1ccc(Nc2cccc([N+](=O)[O-])c2)cc1[N+](=O)[O-]. The number of methoxy groups -OCH3 is 2. The third kappa shape index (κ3) is 4.38. The molecule has 0 aliphatic heterocycles. The molecule has 0 unspecified atom stereocenters. The van der Waals surface area contributed by atoms with E-state index in [1.165, 1.54) is 30.3 Å². The summed E-state index contributed by atoms with van der Waals surface area (Å²) in [5.41, 5.74) is -0.324. The van der Waals surface area contributed by atoms with Crippen molar-refractivity contribution in [2.24, 2.45) is 0 Å². The summed E-state index contributed by atoms with van der Waals surface area (Å²) in [5, 5.41) is 25.1. The standard InChI is InChI=1S/C17H15N3O8/c1-27-16(21)15(17(22)28-2)13-7-6-11(9-14(13)20(25)26)18-10-4-3-5-12(8-10)19(23)24/h3-9,15,18H,1-2H3. The Morgan fingerprint density at radius 3 is 2.07 bits per heavy atom. The van der Waals surface area contributed by atoms with Gasteiger partial charge in [0.2, 0.25) is 0 Å². The second kappa shape index (κ2) is 8.58. The van der Waals surface area contributed by atoms with Gasteiger partial charge in [0.15, 0.2) is 5.92 Å². The summed E-state index contributed by atoms with van der Waals surface area (Å²) in [5.74, 6) is -3.63. The molecule has 0 heterocycles. The number of hydrogen-bond donors (Lipinski definition) is 1. The minimum absolute atomic E-state index is 0.160. The molecule has 0 amide bonds. The maximum absolute atomic E-state index is 11.9. The van der Waals surface area contributed by atoms with Gasteiger partial charge in [-0.05, 0) is 18.2 Å². The number of rotatable bonds is 7. The largest absolute Gasteiger partial charge is 0.468 e. The van der Waals surface area contributed by atoms with Crippen molar-refractivity contribution in [3.8, 4) is 0 Å². The first kappa shape index (κ1) is 20.3. The summed E-state index contributed by atoms with van der Waals surface area (Å²) in [6.45, 7) is 0. The van der Waals surface area contributed by atoms with Crippen LogP contribution in [0.15, 0.2) is 42.5 Å². The van der Waals surface area contributed by atoms with Gasteiger partial charge in [0, 0.05) is 29.6 Å². The van der Waals surface area contributed by atoms with Crippen LogP contribution in [0, 0.1) is 20.2 Å². The van der Waals surface area contributed by atoms with Crippen LogP contribution >= 0.6 is 0 Å². The number of nitrogens with zero attached hydrogens (tertiary/aromatic N) is 2. The molecule has 2 rings (SSSR count). The van der Waals surface area contributed by atoms with Crippen LogP contribution < -0.4 is 5.32 Å². The molecule has 1 N–H and O–H groups in total. The van der Waals surface area contributed by atoms with Gasteiger partial charge in [-0.25, -0.2) is 0 Å². The number of esters is 2. The van der Waals surface area contributed by atoms with E-state index < -0.39 is 33.4 Å². The van der Waals surface area contributed by atoms with Crippen molar-refractivity contribution in [1.82, 2.24) is 0 Å². The second-order valence-corrected chi connectivity index (χ2v) is 5.44. The number of nitro benzene ring substituents is 2. The summed E-state index contributed by atoms with van der Waals surface area (Å²) in [6, 6.07) is 9.26. The maximum Gasteiger partial charge on any atom is 0.324 e. The summed E-state index contributed by atoms with van der Waals surface area (Å²) in [4.78, 5) is 44.9. The molecule has 2 aromatic carbocycles. The molecular formula is C17H15N3O8. The molecule has 0 aromatic heterocycles. The summed E-state index contributed by atoms with van der Waals surface area (Å²) >= 11 is 0. The Morgan fingerprint density at radius 1 is 0.929 bits per heavy atom. The fourth-order valence-corrected chi connectivity index (χ4v) is 2.47. The van der Waals surface area contributed by atoms with E-state index in [0.717, 1.165) is 20.3 Å². The van der Waals surface area contributed by atoms with Crippen molar-refractivity contribution in [1.29, 1.82) is 0 Å². The molecule has 11 nitrogen and oxygen atoms in total. The van der Waals surface area contributed by atoms with Crippen molar-refractivity contribution in [3.63, 3.8) is 0 Å². The van der Waals surface area contributed by atoms with E-state index in [4.69, 9.17) is 0 Å². The minimum atomic E-state index is -1.62. The fourth-order valence-electron chi connectivity index (χ4n) is 2.47. The average Bonchev–Trinajstić information content (AvgIpc) is 2.68. The number of nitrogens with one attached hydrogen (secondary N) is 1. The van der Waals surface area contributed by atoms with E-state index >= 15 is 0 Å². The van der Waals surface area contributed by atoms with Gasteiger partial charge in [0.1, 0.15) is 0 Å². The second-order valence-electron chi connectivity index (χ2n) is 5.44. The van der Waals surface area contributed by atoms with E-state index in [-0.39, 0.29) is 16.9 Å². The summed E-state index contributed by atoms with van der Waals surface area (Å²) in [6.07, 6.45) is 0. The molecule has 0 aliphatic rings. The predicted molar refractivity (Wildman–Crippen MR) is 96.2 cm³/mol. The van der Waals surface area contributed by atoms with Crippen LogP contribution in [0.4, 0.5) is 22.7 Å². The molecule has 0 saturated heterocycles. The fraction of sp³-hybridized carbons (Fsp3) is 0.176. The lowest BCUT2D eigenvalue weighted by Crippen LogP contribution is -2.25. The van der Waals surface area contributed by atoms with Crippen LogP contribution in [0.1, 0.15) is 11.5 Å². The predicted octanol–water partition coefficient (Wildman–Crippen LogP) is 2.68. The van der Waals surface area contributed by atoms with Gasteiger partial charge in [-0.15, -0.1) is 0 Å². The maximum atomic E-state index is 11.9. The Hall–Kier alpha value is -4.02. The number of carbonyl (C=O) groups excluding carboxylic acids is 2. The van der Waals surface area contributed by atoms with E-state index in [9.17, 15) is 29.8 Å². The number of non-ortho nitro benzene ring substituents is 1. The molecule has 0 spiro atoms. The van der Waals surface area contributed by atoms with Crippen LogP contribution in [0.2, 0.25) is 0 Å². The number of nitro groups is 2. The van der Waals surface area contributed by atoms with E-state index in [0.29, 0.717) is 5.69 Å². The highest BCUT2D eigenvalue weighted by molar-refractivity contribution is 6.01. The van der Waals surface area contributed by atoms with Gasteiger partial charge in [0.25, 0.3) is 11.4 Å². The van der Waals surface area contributed by atoms with Crippen LogP contribution in [-0.2, 0) is 19.1 Å². The molecule has 0 bridgehead atoms. The first-order valence-electron chi connectivity index (χ1n) is 7.74. The third-order valence-corrected chi connectivity index (χ3v) is 3.76. The van der Waals surface area contributed by atoms with Gasteiger partial charge in [-0.1, -0.05) is 6.07 Å². The number of carbonyl (C=O) groups is 2. The first-order chi connectivity index (χ1) is 13.3. The molecule has 0 fully saturated rings. The summed E-state index contributed by atoms with van der Waals surface area (Å²) in [7, 11) is 2.09. The summed E-state index contributed by atoms with van der Waals surface area (Å²) < 4.78 is 9.09. The topological polar surface area (TPSA) is 151 Å². The molecule has 2 aromatic rings. The highest BCUT2D eigenvalue weighted by atomic mass is 16.6. The molecule has 0 aliphatic carbocycles. The van der Waals surface area contributed by atoms with Crippen molar-refractivity contribution in [3.05, 3.63) is 68.3 Å². The van der Waals surface area contributed by atoms with E-state index in [1.807, 2.05) is 0 Å². The average molecular weight is 389 g/mol. The van der Waals surface area contributed by atoms with Crippen LogP contribution in [-0.4, -0.2) is 36.0 Å². The van der Waals surface area contributed by atoms with Crippen LogP contribution in [0.25, 0.3) is 0 Å². The Labute approximate surface area is 158 Å². The van der Waals surface area contributed by atoms with E-state index in [1.54, 1.807) is 6.07 Å². The van der Waals surface area contributed by atoms with E-state index in [2.05, 4.69) is 14.8 Å². The zero-order valence-corrected chi connectivity index (χ0v) is 14.8. The number of hydrogen-bond acceptors (Lipinski definition) is 9. The zero-order valence-electron chi connectivity index (χ0n) is 14.8. The normalized spacial score (nSPS) is 10.2. The molecular weight excluding hydrogens is 374 g/mol. The van der Waals surface area contributed by atoms with Crippen molar-refractivity contribution in [2.45, 2.75) is 5.92 Å². The Kier molecular flexibility index (Phi) is 6.22. The van der Waals surface area contributed by atoms with Crippen molar-refractivity contribution >= 4 is 34.7 Å². The van der Waals surface area contributed by atoms with Gasteiger partial charge >= 0.3 is 11.9 Å². The van der Waals surface area contributed by atoms with Gasteiger partial charge in [-0.2, -0.15) is 0 Å². The monoisotopic (exact) mass is 389 g/mol. The highest BCUT2D eigenvalue weighted by Gasteiger charge is 2.36. The molecule has 146 valence electrons. The van der Waals surface area contributed by atoms with Crippen molar-refractivity contribution < 1.29 is 28.9 Å². The number of benzene rings is 2. The lowest BCUT2D eigenvalue weighted by molar-refractivity contribution is -0.385. The lowest BCUT2D eigenvalue weighted by atomic mass is 9.97. The van der Waals surface area contributed by atoms with Gasteiger partial charge in [0.05, 0.1) is 29.6 Å². The zero-order chi connectivity index (χ0) is 20.8. The van der Waals surface area contributed by atoms with Crippen molar-refractivity contribution in [2.75, 3.05) is 19.5 Å². The molecule has 28 heavy (non-hydrogen) atoms. The Balaban J connectivity index is 2.46. The number of anilines is 2. The molecule has 11 heteroatoms. The Morgan fingerprint density at radius 2 is 1.54 bits per heavy atom. The third-order valence-electron chi connectivity index (χ3n) is 3.76. The number of ether oxygens (including phenoxy) is 2. The smallest absolute Gasteiger partial charge is 0.324 e. The quantitative estimate of drug-likeness (QED) is 0.326. The van der Waals surface area contributed by atoms with Crippen LogP contribution in [0.5, 0.6) is 0 Å². The molecule has 0 radical (unpaired) electrons.